The molecule has 1 aliphatic carbocycles. The first-order chi connectivity index (χ1) is 9.70. The molecule has 2 rings (SSSR count). The topological polar surface area (TPSA) is 37.4 Å². The second kappa shape index (κ2) is 7.60. The molecular formula is C16H27N3O. The zero-order valence-electron chi connectivity index (χ0n) is 12.9. The molecule has 20 heavy (non-hydrogen) atoms. The van der Waals surface area contributed by atoms with Crippen molar-refractivity contribution >= 4 is 5.82 Å². The summed E-state index contributed by atoms with van der Waals surface area (Å²) in [7, 11) is 1.75. The van der Waals surface area contributed by atoms with Gasteiger partial charge in [-0.3, -0.25) is 0 Å². The van der Waals surface area contributed by atoms with Crippen LogP contribution in [0, 0.1) is 5.92 Å². The van der Waals surface area contributed by atoms with Crippen molar-refractivity contribution in [1.29, 1.82) is 0 Å². The zero-order valence-corrected chi connectivity index (χ0v) is 12.9. The highest BCUT2D eigenvalue weighted by atomic mass is 16.5. The third kappa shape index (κ3) is 4.76. The van der Waals surface area contributed by atoms with Gasteiger partial charge >= 0.3 is 0 Å². The van der Waals surface area contributed by atoms with Crippen molar-refractivity contribution in [3.63, 3.8) is 0 Å². The van der Waals surface area contributed by atoms with Gasteiger partial charge in [0.1, 0.15) is 5.82 Å². The highest BCUT2D eigenvalue weighted by Gasteiger charge is 2.29. The standard InChI is InChI=1S/C16H27N3O/c1-13(2)11-17-12-14-6-7-18-16(10-14)19(8-9-20-3)15-4-5-15/h6-7,10,13,15,17H,4-5,8-9,11-12H2,1-3H3. The number of aromatic nitrogens is 1. The maximum absolute atomic E-state index is 5.21. The lowest BCUT2D eigenvalue weighted by molar-refractivity contribution is 0.204. The normalized spacial score (nSPS) is 14.8. The molecule has 4 heteroatoms. The molecular weight excluding hydrogens is 250 g/mol. The van der Waals surface area contributed by atoms with Crippen LogP contribution >= 0.6 is 0 Å². The molecule has 1 fully saturated rings. The van der Waals surface area contributed by atoms with E-state index in [0.29, 0.717) is 12.0 Å². The minimum Gasteiger partial charge on any atom is -0.383 e. The number of hydrogen-bond acceptors (Lipinski definition) is 4. The fraction of sp³-hybridized carbons (Fsp3) is 0.688. The summed E-state index contributed by atoms with van der Waals surface area (Å²) in [6, 6.07) is 4.97. The highest BCUT2D eigenvalue weighted by molar-refractivity contribution is 5.43. The van der Waals surface area contributed by atoms with Gasteiger partial charge in [-0.15, -0.1) is 0 Å². The number of rotatable bonds is 9. The van der Waals surface area contributed by atoms with Crippen LogP contribution < -0.4 is 10.2 Å². The predicted octanol–water partition coefficient (Wildman–Crippen LogP) is 2.44. The molecule has 1 heterocycles. The molecule has 4 nitrogen and oxygen atoms in total. The Morgan fingerprint density at radius 1 is 1.45 bits per heavy atom. The van der Waals surface area contributed by atoms with E-state index in [0.717, 1.165) is 32.1 Å². The highest BCUT2D eigenvalue weighted by Crippen LogP contribution is 2.30. The van der Waals surface area contributed by atoms with E-state index in [1.54, 1.807) is 7.11 Å². The molecule has 0 saturated heterocycles. The lowest BCUT2D eigenvalue weighted by Gasteiger charge is -2.23. The van der Waals surface area contributed by atoms with Crippen molar-refractivity contribution in [1.82, 2.24) is 10.3 Å². The summed E-state index contributed by atoms with van der Waals surface area (Å²) in [5.41, 5.74) is 1.30. The maximum Gasteiger partial charge on any atom is 0.129 e. The first-order valence-electron chi connectivity index (χ1n) is 7.62. The summed E-state index contributed by atoms with van der Waals surface area (Å²) in [5, 5.41) is 3.48. The van der Waals surface area contributed by atoms with Crippen LogP contribution in [-0.4, -0.2) is 37.8 Å². The molecule has 1 aromatic heterocycles. The van der Waals surface area contributed by atoms with Crippen LogP contribution in [0.1, 0.15) is 32.3 Å². The van der Waals surface area contributed by atoms with Gasteiger partial charge in [-0.05, 0) is 43.0 Å². The van der Waals surface area contributed by atoms with E-state index in [1.807, 2.05) is 6.20 Å². The van der Waals surface area contributed by atoms with E-state index in [9.17, 15) is 0 Å². The van der Waals surface area contributed by atoms with Gasteiger partial charge in [0.25, 0.3) is 0 Å². The smallest absolute Gasteiger partial charge is 0.129 e. The number of nitrogens with one attached hydrogen (secondary N) is 1. The van der Waals surface area contributed by atoms with Gasteiger partial charge in [-0.2, -0.15) is 0 Å². The molecule has 0 spiro atoms. The fourth-order valence-corrected chi connectivity index (χ4v) is 2.29. The van der Waals surface area contributed by atoms with E-state index in [4.69, 9.17) is 4.74 Å². The van der Waals surface area contributed by atoms with Crippen LogP contribution in [0.15, 0.2) is 18.3 Å². The molecule has 1 N–H and O–H groups in total. The molecule has 112 valence electrons. The molecule has 0 aromatic carbocycles. The van der Waals surface area contributed by atoms with Crippen LogP contribution in [0.25, 0.3) is 0 Å². The summed E-state index contributed by atoms with van der Waals surface area (Å²) >= 11 is 0. The molecule has 0 bridgehead atoms. The zero-order chi connectivity index (χ0) is 14.4. The molecule has 0 aliphatic heterocycles. The number of hydrogen-bond donors (Lipinski definition) is 1. The monoisotopic (exact) mass is 277 g/mol. The molecule has 0 atom stereocenters. The number of anilines is 1. The summed E-state index contributed by atoms with van der Waals surface area (Å²) < 4.78 is 5.21. The van der Waals surface area contributed by atoms with Crippen LogP contribution in [0.3, 0.4) is 0 Å². The van der Waals surface area contributed by atoms with Crippen molar-refractivity contribution in [3.8, 4) is 0 Å². The van der Waals surface area contributed by atoms with Gasteiger partial charge in [-0.25, -0.2) is 4.98 Å². The summed E-state index contributed by atoms with van der Waals surface area (Å²) in [4.78, 5) is 6.92. The van der Waals surface area contributed by atoms with Crippen molar-refractivity contribution in [3.05, 3.63) is 23.9 Å². The van der Waals surface area contributed by atoms with Crippen molar-refractivity contribution in [2.75, 3.05) is 31.7 Å². The third-order valence-electron chi connectivity index (χ3n) is 3.51. The SMILES string of the molecule is COCCN(c1cc(CNCC(C)C)ccn1)C1CC1. The van der Waals surface area contributed by atoms with Crippen LogP contribution in [0.4, 0.5) is 5.82 Å². The lowest BCUT2D eigenvalue weighted by Crippen LogP contribution is -2.30. The van der Waals surface area contributed by atoms with E-state index in [2.05, 4.69) is 41.2 Å². The van der Waals surface area contributed by atoms with Crippen molar-refractivity contribution in [2.24, 2.45) is 5.92 Å². The number of ether oxygens (including phenoxy) is 1. The summed E-state index contributed by atoms with van der Waals surface area (Å²) in [5.74, 6) is 1.77. The first-order valence-corrected chi connectivity index (χ1v) is 7.62. The third-order valence-corrected chi connectivity index (χ3v) is 3.51. The average Bonchev–Trinajstić information content (AvgIpc) is 3.24. The Labute approximate surface area is 122 Å². The molecule has 0 radical (unpaired) electrons. The van der Waals surface area contributed by atoms with Crippen LogP contribution in [0.5, 0.6) is 0 Å². The molecule has 0 amide bonds. The minimum atomic E-state index is 0.663. The van der Waals surface area contributed by atoms with E-state index in [1.165, 1.54) is 18.4 Å². The van der Waals surface area contributed by atoms with Crippen LogP contribution in [0.2, 0.25) is 0 Å². The quantitative estimate of drug-likeness (QED) is 0.752. The van der Waals surface area contributed by atoms with E-state index >= 15 is 0 Å². The van der Waals surface area contributed by atoms with Crippen molar-refractivity contribution < 1.29 is 4.74 Å². The Balaban J connectivity index is 1.95. The molecule has 1 aliphatic rings. The average molecular weight is 277 g/mol. The second-order valence-electron chi connectivity index (χ2n) is 5.96. The molecule has 0 unspecified atom stereocenters. The molecule has 1 saturated carbocycles. The van der Waals surface area contributed by atoms with Gasteiger partial charge < -0.3 is 15.0 Å². The lowest BCUT2D eigenvalue weighted by atomic mass is 10.2. The Kier molecular flexibility index (Phi) is 5.80. The Morgan fingerprint density at radius 2 is 2.25 bits per heavy atom. The van der Waals surface area contributed by atoms with Crippen LogP contribution in [-0.2, 0) is 11.3 Å². The Bertz CT molecular complexity index is 404. The van der Waals surface area contributed by atoms with Gasteiger partial charge in [0.15, 0.2) is 0 Å². The largest absolute Gasteiger partial charge is 0.383 e. The van der Waals surface area contributed by atoms with E-state index in [-0.39, 0.29) is 0 Å². The summed E-state index contributed by atoms with van der Waals surface area (Å²) in [6.07, 6.45) is 4.48. The number of nitrogens with zero attached hydrogens (tertiary/aromatic N) is 2. The number of pyridine rings is 1. The van der Waals surface area contributed by atoms with Gasteiger partial charge in [0.05, 0.1) is 6.61 Å². The maximum atomic E-state index is 5.21. The van der Waals surface area contributed by atoms with Gasteiger partial charge in [-0.1, -0.05) is 13.8 Å². The summed E-state index contributed by atoms with van der Waals surface area (Å²) in [6.45, 7) is 8.10. The Hall–Kier alpha value is -1.13. The minimum absolute atomic E-state index is 0.663. The predicted molar refractivity (Wildman–Crippen MR) is 83.0 cm³/mol. The number of methoxy groups -OCH3 is 1. The first kappa shape index (κ1) is 15.3. The van der Waals surface area contributed by atoms with Gasteiger partial charge in [0, 0.05) is 32.4 Å². The van der Waals surface area contributed by atoms with Gasteiger partial charge in [0.2, 0.25) is 0 Å². The van der Waals surface area contributed by atoms with E-state index < -0.39 is 0 Å². The fourth-order valence-electron chi connectivity index (χ4n) is 2.29. The molecule has 1 aromatic rings. The second-order valence-corrected chi connectivity index (χ2v) is 5.96. The van der Waals surface area contributed by atoms with Crippen molar-refractivity contribution in [2.45, 2.75) is 39.3 Å². The Morgan fingerprint density at radius 3 is 2.90 bits per heavy atom.